The summed E-state index contributed by atoms with van der Waals surface area (Å²) in [6.07, 6.45) is 3.22. The van der Waals surface area contributed by atoms with Crippen molar-refractivity contribution in [1.82, 2.24) is 15.0 Å². The third-order valence-electron chi connectivity index (χ3n) is 4.42. The number of carbonyl (C=O) groups excluding carboxylic acids is 1. The molecule has 2 heterocycles. The summed E-state index contributed by atoms with van der Waals surface area (Å²) in [5.41, 5.74) is 3.22. The number of hydrogen-bond donors (Lipinski definition) is 1. The lowest BCUT2D eigenvalue weighted by molar-refractivity contribution is 0.0601. The number of carbonyl (C=O) groups is 1. The number of nitrogens with zero attached hydrogens (tertiary/aromatic N) is 3. The molecule has 0 spiro atoms. The van der Waals surface area contributed by atoms with E-state index in [9.17, 15) is 4.79 Å². The van der Waals surface area contributed by atoms with E-state index < -0.39 is 5.97 Å². The SMILES string of the molecule is COC(=O)c1cnc(Nc2ccc3ncccc3c2)nc1-c1ccc(OC)cc1. The summed E-state index contributed by atoms with van der Waals surface area (Å²) < 4.78 is 10.1. The van der Waals surface area contributed by atoms with E-state index in [-0.39, 0.29) is 5.56 Å². The Morgan fingerprint density at radius 2 is 1.83 bits per heavy atom. The molecule has 0 saturated carbocycles. The van der Waals surface area contributed by atoms with Gasteiger partial charge in [-0.05, 0) is 48.5 Å². The zero-order chi connectivity index (χ0) is 20.2. The summed E-state index contributed by atoms with van der Waals surface area (Å²) in [6, 6.07) is 16.9. The van der Waals surface area contributed by atoms with E-state index in [4.69, 9.17) is 9.47 Å². The molecule has 2 aromatic carbocycles. The van der Waals surface area contributed by atoms with E-state index in [2.05, 4.69) is 20.3 Å². The first-order chi connectivity index (χ1) is 14.2. The molecule has 0 fully saturated rings. The molecular formula is C22H18N4O3. The maximum absolute atomic E-state index is 12.2. The Balaban J connectivity index is 1.72. The predicted octanol–water partition coefficient (Wildman–Crippen LogP) is 4.23. The summed E-state index contributed by atoms with van der Waals surface area (Å²) in [5.74, 6) is 0.580. The van der Waals surface area contributed by atoms with Gasteiger partial charge in [-0.3, -0.25) is 4.98 Å². The van der Waals surface area contributed by atoms with Crippen LogP contribution in [0.1, 0.15) is 10.4 Å². The lowest BCUT2D eigenvalue weighted by Gasteiger charge is -2.11. The monoisotopic (exact) mass is 386 g/mol. The van der Waals surface area contributed by atoms with Crippen LogP contribution in [0.5, 0.6) is 5.75 Å². The minimum atomic E-state index is -0.501. The molecule has 0 unspecified atom stereocenters. The van der Waals surface area contributed by atoms with Crippen LogP contribution in [-0.2, 0) is 4.74 Å². The van der Waals surface area contributed by atoms with E-state index in [1.165, 1.54) is 13.3 Å². The Kier molecular flexibility index (Phi) is 5.03. The molecule has 29 heavy (non-hydrogen) atoms. The molecule has 144 valence electrons. The van der Waals surface area contributed by atoms with E-state index in [1.807, 2.05) is 54.6 Å². The van der Waals surface area contributed by atoms with Gasteiger partial charge in [0.1, 0.15) is 11.3 Å². The molecule has 7 nitrogen and oxygen atoms in total. The van der Waals surface area contributed by atoms with Gasteiger partial charge in [-0.2, -0.15) is 0 Å². The first-order valence-corrected chi connectivity index (χ1v) is 8.89. The van der Waals surface area contributed by atoms with Gasteiger partial charge in [0.05, 0.1) is 25.4 Å². The molecule has 0 aliphatic heterocycles. The Morgan fingerprint density at radius 3 is 2.59 bits per heavy atom. The number of benzene rings is 2. The van der Waals surface area contributed by atoms with E-state index >= 15 is 0 Å². The minimum Gasteiger partial charge on any atom is -0.497 e. The van der Waals surface area contributed by atoms with Crippen molar-refractivity contribution in [2.75, 3.05) is 19.5 Å². The molecule has 0 atom stereocenters. The highest BCUT2D eigenvalue weighted by atomic mass is 16.5. The molecule has 0 bridgehead atoms. The van der Waals surface area contributed by atoms with Crippen molar-refractivity contribution in [3.63, 3.8) is 0 Å². The van der Waals surface area contributed by atoms with Crippen molar-refractivity contribution in [2.45, 2.75) is 0 Å². The van der Waals surface area contributed by atoms with E-state index in [0.717, 1.165) is 22.2 Å². The fourth-order valence-corrected chi connectivity index (χ4v) is 2.95. The highest BCUT2D eigenvalue weighted by Gasteiger charge is 2.17. The van der Waals surface area contributed by atoms with Crippen molar-refractivity contribution in [3.05, 3.63) is 72.6 Å². The average Bonchev–Trinajstić information content (AvgIpc) is 2.78. The molecule has 0 amide bonds. The largest absolute Gasteiger partial charge is 0.497 e. The standard InChI is InChI=1S/C22H18N4O3/c1-28-17-8-5-14(6-9-17)20-18(21(27)29-2)13-24-22(26-20)25-16-7-10-19-15(12-16)4-3-11-23-19/h3-13H,1-2H3,(H,24,25,26). The molecule has 4 rings (SSSR count). The van der Waals surface area contributed by atoms with Gasteiger partial charge in [0.25, 0.3) is 0 Å². The third-order valence-corrected chi connectivity index (χ3v) is 4.42. The molecule has 2 aromatic heterocycles. The second kappa shape index (κ2) is 7.93. The van der Waals surface area contributed by atoms with Crippen molar-refractivity contribution in [3.8, 4) is 17.0 Å². The van der Waals surface area contributed by atoms with Crippen molar-refractivity contribution in [1.29, 1.82) is 0 Å². The molecular weight excluding hydrogens is 368 g/mol. The van der Waals surface area contributed by atoms with Crippen molar-refractivity contribution >= 4 is 28.5 Å². The molecule has 0 aliphatic carbocycles. The number of pyridine rings is 1. The van der Waals surface area contributed by atoms with Gasteiger partial charge in [-0.25, -0.2) is 14.8 Å². The number of ether oxygens (including phenoxy) is 2. The Bertz CT molecular complexity index is 1180. The zero-order valence-electron chi connectivity index (χ0n) is 15.9. The van der Waals surface area contributed by atoms with Gasteiger partial charge < -0.3 is 14.8 Å². The molecule has 1 N–H and O–H groups in total. The summed E-state index contributed by atoms with van der Waals surface area (Å²) in [4.78, 5) is 25.4. The zero-order valence-corrected chi connectivity index (χ0v) is 15.9. The predicted molar refractivity (Wildman–Crippen MR) is 110 cm³/mol. The Morgan fingerprint density at radius 1 is 1.00 bits per heavy atom. The van der Waals surface area contributed by atoms with E-state index in [1.54, 1.807) is 13.3 Å². The van der Waals surface area contributed by atoms with Crippen LogP contribution >= 0.6 is 0 Å². The Hall–Kier alpha value is -4.00. The van der Waals surface area contributed by atoms with Crippen molar-refractivity contribution < 1.29 is 14.3 Å². The first kappa shape index (κ1) is 18.4. The van der Waals surface area contributed by atoms with Crippen LogP contribution < -0.4 is 10.1 Å². The maximum Gasteiger partial charge on any atom is 0.341 e. The maximum atomic E-state index is 12.2. The number of aromatic nitrogens is 3. The molecule has 0 aliphatic rings. The van der Waals surface area contributed by atoms with Crippen LogP contribution in [0, 0.1) is 0 Å². The topological polar surface area (TPSA) is 86.2 Å². The van der Waals surface area contributed by atoms with Crippen LogP contribution in [0.4, 0.5) is 11.6 Å². The average molecular weight is 386 g/mol. The van der Waals surface area contributed by atoms with Gasteiger partial charge in [0.15, 0.2) is 0 Å². The highest BCUT2D eigenvalue weighted by Crippen LogP contribution is 2.27. The smallest absolute Gasteiger partial charge is 0.341 e. The van der Waals surface area contributed by atoms with Gasteiger partial charge in [0, 0.05) is 29.0 Å². The van der Waals surface area contributed by atoms with Gasteiger partial charge in [-0.15, -0.1) is 0 Å². The number of esters is 1. The second-order valence-corrected chi connectivity index (χ2v) is 6.21. The molecule has 7 heteroatoms. The van der Waals surface area contributed by atoms with E-state index in [0.29, 0.717) is 17.4 Å². The van der Waals surface area contributed by atoms with Crippen LogP contribution in [0.2, 0.25) is 0 Å². The lowest BCUT2D eigenvalue weighted by atomic mass is 10.1. The van der Waals surface area contributed by atoms with Gasteiger partial charge >= 0.3 is 5.97 Å². The Labute approximate surface area is 167 Å². The quantitative estimate of drug-likeness (QED) is 0.514. The number of methoxy groups -OCH3 is 2. The number of anilines is 2. The van der Waals surface area contributed by atoms with Gasteiger partial charge in [0.2, 0.25) is 5.95 Å². The number of fused-ring (bicyclic) bond motifs is 1. The normalized spacial score (nSPS) is 10.6. The van der Waals surface area contributed by atoms with Crippen molar-refractivity contribution in [2.24, 2.45) is 0 Å². The molecule has 4 aromatic rings. The van der Waals surface area contributed by atoms with Crippen LogP contribution in [-0.4, -0.2) is 35.1 Å². The molecule has 0 radical (unpaired) electrons. The number of nitrogens with one attached hydrogen (secondary N) is 1. The number of hydrogen-bond acceptors (Lipinski definition) is 7. The summed E-state index contributed by atoms with van der Waals surface area (Å²) >= 11 is 0. The molecule has 0 saturated heterocycles. The van der Waals surface area contributed by atoms with Gasteiger partial charge in [-0.1, -0.05) is 6.07 Å². The minimum absolute atomic E-state index is 0.283. The first-order valence-electron chi connectivity index (χ1n) is 8.89. The second-order valence-electron chi connectivity index (χ2n) is 6.21. The van der Waals surface area contributed by atoms with Crippen LogP contribution in [0.25, 0.3) is 22.2 Å². The fraction of sp³-hybridized carbons (Fsp3) is 0.0909. The summed E-state index contributed by atoms with van der Waals surface area (Å²) in [6.45, 7) is 0. The fourth-order valence-electron chi connectivity index (χ4n) is 2.95. The van der Waals surface area contributed by atoms with Crippen LogP contribution in [0.15, 0.2) is 67.0 Å². The van der Waals surface area contributed by atoms with Crippen LogP contribution in [0.3, 0.4) is 0 Å². The number of rotatable bonds is 5. The third kappa shape index (κ3) is 3.84. The lowest BCUT2D eigenvalue weighted by Crippen LogP contribution is -2.08. The summed E-state index contributed by atoms with van der Waals surface area (Å²) in [5, 5.41) is 4.19. The summed E-state index contributed by atoms with van der Waals surface area (Å²) in [7, 11) is 2.93. The highest BCUT2D eigenvalue weighted by molar-refractivity contribution is 5.96.